The van der Waals surface area contributed by atoms with Crippen molar-refractivity contribution in [3.05, 3.63) is 48.5 Å². The fourth-order valence-electron chi connectivity index (χ4n) is 2.00. The van der Waals surface area contributed by atoms with Gasteiger partial charge in [-0.15, -0.1) is 0 Å². The standard InChI is InChI=1S/C13H11FN4O2S/c14-12-2-1-3-13(17-12)18-21(19,20)11-7-16-10-6-8(15)4-5-9(10)11/h1-7,16H,15H2,(H,17,18). The highest BCUT2D eigenvalue weighted by molar-refractivity contribution is 7.93. The molecule has 1 aromatic carbocycles. The highest BCUT2D eigenvalue weighted by atomic mass is 32.2. The maximum atomic E-state index is 13.0. The zero-order chi connectivity index (χ0) is 15.0. The molecule has 3 aromatic rings. The van der Waals surface area contributed by atoms with E-state index in [1.807, 2.05) is 0 Å². The number of anilines is 2. The molecule has 8 heteroatoms. The summed E-state index contributed by atoms with van der Waals surface area (Å²) in [6.45, 7) is 0. The first kappa shape index (κ1) is 13.4. The molecule has 0 amide bonds. The lowest BCUT2D eigenvalue weighted by Crippen LogP contribution is -2.13. The second-order valence-electron chi connectivity index (χ2n) is 4.41. The van der Waals surface area contributed by atoms with Crippen molar-refractivity contribution in [2.24, 2.45) is 0 Å². The third-order valence-corrected chi connectivity index (χ3v) is 4.31. The number of aromatic amines is 1. The normalized spacial score (nSPS) is 11.7. The van der Waals surface area contributed by atoms with Crippen LogP contribution < -0.4 is 10.5 Å². The van der Waals surface area contributed by atoms with Gasteiger partial charge < -0.3 is 10.7 Å². The monoisotopic (exact) mass is 306 g/mol. The van der Waals surface area contributed by atoms with Crippen molar-refractivity contribution in [2.75, 3.05) is 10.5 Å². The van der Waals surface area contributed by atoms with Gasteiger partial charge in [-0.3, -0.25) is 4.72 Å². The van der Waals surface area contributed by atoms with Crippen molar-refractivity contribution in [2.45, 2.75) is 4.90 Å². The van der Waals surface area contributed by atoms with Gasteiger partial charge in [0.1, 0.15) is 10.7 Å². The van der Waals surface area contributed by atoms with Crippen LogP contribution in [0.2, 0.25) is 0 Å². The van der Waals surface area contributed by atoms with Crippen LogP contribution >= 0.6 is 0 Å². The number of hydrogen-bond acceptors (Lipinski definition) is 4. The maximum absolute atomic E-state index is 13.0. The van der Waals surface area contributed by atoms with E-state index in [0.717, 1.165) is 6.07 Å². The fourth-order valence-corrected chi connectivity index (χ4v) is 3.18. The molecule has 0 saturated carbocycles. The van der Waals surface area contributed by atoms with Gasteiger partial charge in [0.25, 0.3) is 10.0 Å². The number of nitrogens with zero attached hydrogens (tertiary/aromatic N) is 1. The van der Waals surface area contributed by atoms with Gasteiger partial charge in [0.15, 0.2) is 0 Å². The van der Waals surface area contributed by atoms with Crippen molar-refractivity contribution < 1.29 is 12.8 Å². The van der Waals surface area contributed by atoms with E-state index < -0.39 is 16.0 Å². The molecule has 0 spiro atoms. The average molecular weight is 306 g/mol. The Kier molecular flexibility index (Phi) is 3.02. The smallest absolute Gasteiger partial charge is 0.265 e. The molecule has 0 unspecified atom stereocenters. The molecular weight excluding hydrogens is 295 g/mol. The lowest BCUT2D eigenvalue weighted by atomic mass is 10.2. The van der Waals surface area contributed by atoms with Gasteiger partial charge in [-0.1, -0.05) is 6.07 Å². The highest BCUT2D eigenvalue weighted by Gasteiger charge is 2.19. The van der Waals surface area contributed by atoms with E-state index in [1.54, 1.807) is 18.2 Å². The van der Waals surface area contributed by atoms with Crippen LogP contribution in [0.3, 0.4) is 0 Å². The summed E-state index contributed by atoms with van der Waals surface area (Å²) >= 11 is 0. The molecular formula is C13H11FN4O2S. The van der Waals surface area contributed by atoms with E-state index in [-0.39, 0.29) is 10.7 Å². The lowest BCUT2D eigenvalue weighted by molar-refractivity contribution is 0.584. The summed E-state index contributed by atoms with van der Waals surface area (Å²) in [7, 11) is -3.88. The number of fused-ring (bicyclic) bond motifs is 1. The Hall–Kier alpha value is -2.61. The number of nitrogens with one attached hydrogen (secondary N) is 2. The van der Waals surface area contributed by atoms with E-state index in [1.165, 1.54) is 18.3 Å². The first-order chi connectivity index (χ1) is 9.95. The van der Waals surface area contributed by atoms with Gasteiger partial charge >= 0.3 is 0 Å². The van der Waals surface area contributed by atoms with Crippen LogP contribution in [0.15, 0.2) is 47.5 Å². The number of pyridine rings is 1. The predicted octanol–water partition coefficient (Wildman–Crippen LogP) is 2.08. The molecule has 0 aliphatic rings. The Labute approximate surface area is 119 Å². The molecule has 0 fully saturated rings. The van der Waals surface area contributed by atoms with Gasteiger partial charge in [0.2, 0.25) is 5.95 Å². The number of nitrogens with two attached hydrogens (primary N) is 1. The molecule has 21 heavy (non-hydrogen) atoms. The number of nitrogen functional groups attached to an aromatic ring is 1. The number of halogens is 1. The number of H-pyrrole nitrogens is 1. The number of rotatable bonds is 3. The van der Waals surface area contributed by atoms with Crippen LogP contribution in [0.25, 0.3) is 10.9 Å². The first-order valence-corrected chi connectivity index (χ1v) is 7.46. The Balaban J connectivity index is 2.04. The average Bonchev–Trinajstić information content (AvgIpc) is 2.81. The third kappa shape index (κ3) is 2.52. The van der Waals surface area contributed by atoms with Crippen molar-refractivity contribution >= 4 is 32.4 Å². The second kappa shape index (κ2) is 4.74. The van der Waals surface area contributed by atoms with Crippen LogP contribution in [0.5, 0.6) is 0 Å². The molecule has 2 heterocycles. The molecule has 0 atom stereocenters. The Morgan fingerprint density at radius 1 is 1.24 bits per heavy atom. The largest absolute Gasteiger partial charge is 0.399 e. The minimum absolute atomic E-state index is 0.0450. The van der Waals surface area contributed by atoms with Gasteiger partial charge in [0.05, 0.1) is 0 Å². The van der Waals surface area contributed by atoms with E-state index in [9.17, 15) is 12.8 Å². The molecule has 4 N–H and O–H groups in total. The second-order valence-corrected chi connectivity index (χ2v) is 6.06. The molecule has 6 nitrogen and oxygen atoms in total. The van der Waals surface area contributed by atoms with Gasteiger partial charge in [0, 0.05) is 22.8 Å². The van der Waals surface area contributed by atoms with Crippen LogP contribution in [-0.2, 0) is 10.0 Å². The Morgan fingerprint density at radius 3 is 2.81 bits per heavy atom. The molecule has 0 radical (unpaired) electrons. The van der Waals surface area contributed by atoms with E-state index in [4.69, 9.17) is 5.73 Å². The van der Waals surface area contributed by atoms with Gasteiger partial charge in [-0.05, 0) is 30.3 Å². The summed E-state index contributed by atoms with van der Waals surface area (Å²) < 4.78 is 40.0. The van der Waals surface area contributed by atoms with Crippen LogP contribution in [0.1, 0.15) is 0 Å². The van der Waals surface area contributed by atoms with Crippen molar-refractivity contribution in [3.63, 3.8) is 0 Å². The molecule has 0 aliphatic carbocycles. The molecule has 108 valence electrons. The van der Waals surface area contributed by atoms with E-state index in [0.29, 0.717) is 16.6 Å². The topological polar surface area (TPSA) is 101 Å². The van der Waals surface area contributed by atoms with Crippen molar-refractivity contribution in [3.8, 4) is 0 Å². The zero-order valence-electron chi connectivity index (χ0n) is 10.7. The molecule has 0 saturated heterocycles. The summed E-state index contributed by atoms with van der Waals surface area (Å²) in [4.78, 5) is 6.36. The minimum atomic E-state index is -3.88. The predicted molar refractivity (Wildman–Crippen MR) is 77.7 cm³/mol. The number of aromatic nitrogens is 2. The van der Waals surface area contributed by atoms with Crippen molar-refractivity contribution in [1.82, 2.24) is 9.97 Å². The highest BCUT2D eigenvalue weighted by Crippen LogP contribution is 2.25. The Bertz CT molecular complexity index is 921. The number of hydrogen-bond donors (Lipinski definition) is 3. The summed E-state index contributed by atoms with van der Waals surface area (Å²) in [5, 5.41) is 0.494. The van der Waals surface area contributed by atoms with Crippen LogP contribution in [-0.4, -0.2) is 18.4 Å². The molecule has 0 bridgehead atoms. The molecule has 2 aromatic heterocycles. The van der Waals surface area contributed by atoms with Gasteiger partial charge in [-0.2, -0.15) is 4.39 Å². The maximum Gasteiger partial charge on any atom is 0.265 e. The number of sulfonamides is 1. The fraction of sp³-hybridized carbons (Fsp3) is 0. The zero-order valence-corrected chi connectivity index (χ0v) is 11.5. The van der Waals surface area contributed by atoms with Crippen molar-refractivity contribution in [1.29, 1.82) is 0 Å². The van der Waals surface area contributed by atoms with Gasteiger partial charge in [-0.25, -0.2) is 13.4 Å². The van der Waals surface area contributed by atoms with E-state index >= 15 is 0 Å². The van der Waals surface area contributed by atoms with Crippen LogP contribution in [0.4, 0.5) is 15.9 Å². The lowest BCUT2D eigenvalue weighted by Gasteiger charge is -2.06. The third-order valence-electron chi connectivity index (χ3n) is 2.91. The number of benzene rings is 1. The quantitative estimate of drug-likeness (QED) is 0.509. The molecule has 3 rings (SSSR count). The summed E-state index contributed by atoms with van der Waals surface area (Å²) in [5.41, 5.74) is 6.77. The Morgan fingerprint density at radius 2 is 2.05 bits per heavy atom. The first-order valence-electron chi connectivity index (χ1n) is 5.98. The molecule has 0 aliphatic heterocycles. The van der Waals surface area contributed by atoms with Crippen LogP contribution in [0, 0.1) is 5.95 Å². The summed E-state index contributed by atoms with van der Waals surface area (Å²) in [6.07, 6.45) is 1.35. The minimum Gasteiger partial charge on any atom is -0.399 e. The SMILES string of the molecule is Nc1ccc2c(S(=O)(=O)Nc3cccc(F)n3)c[nH]c2c1. The summed E-state index contributed by atoms with van der Waals surface area (Å²) in [5.74, 6) is -0.846. The van der Waals surface area contributed by atoms with E-state index in [2.05, 4.69) is 14.7 Å². The summed E-state index contributed by atoms with van der Waals surface area (Å²) in [6, 6.07) is 8.72.